The molecule has 0 atom stereocenters. The number of carbonyl (C=O) groups is 1. The van der Waals surface area contributed by atoms with Crippen molar-refractivity contribution in [3.63, 3.8) is 0 Å². The summed E-state index contributed by atoms with van der Waals surface area (Å²) in [6.07, 6.45) is 1.99. The van der Waals surface area contributed by atoms with E-state index in [0.717, 1.165) is 33.2 Å². The normalized spacial score (nSPS) is 11.0. The highest BCUT2D eigenvalue weighted by Gasteiger charge is 2.18. The predicted octanol–water partition coefficient (Wildman–Crippen LogP) is 4.93. The van der Waals surface area contributed by atoms with Crippen molar-refractivity contribution in [2.45, 2.75) is 13.8 Å². The van der Waals surface area contributed by atoms with Gasteiger partial charge >= 0.3 is 0 Å². The summed E-state index contributed by atoms with van der Waals surface area (Å²) in [7, 11) is 0. The molecule has 5 heteroatoms. The number of rotatable bonds is 3. The Balaban J connectivity index is 1.64. The lowest BCUT2D eigenvalue weighted by Gasteiger charge is -2.04. The Labute approximate surface area is 149 Å². The third kappa shape index (κ3) is 2.94. The topological polar surface area (TPSA) is 46.4 Å². The molecule has 1 N–H and O–H groups in total. The van der Waals surface area contributed by atoms with E-state index in [2.05, 4.69) is 10.3 Å². The van der Waals surface area contributed by atoms with Crippen molar-refractivity contribution in [1.82, 2.24) is 9.38 Å². The largest absolute Gasteiger partial charge is 0.321 e. The van der Waals surface area contributed by atoms with Crippen molar-refractivity contribution in [2.75, 3.05) is 5.32 Å². The van der Waals surface area contributed by atoms with Gasteiger partial charge in [-0.15, -0.1) is 0 Å². The number of carbonyl (C=O) groups excluding carboxylic acids is 1. The Morgan fingerprint density at radius 3 is 2.44 bits per heavy atom. The quantitative estimate of drug-likeness (QED) is 0.571. The number of imidazole rings is 1. The molecule has 0 saturated carbocycles. The van der Waals surface area contributed by atoms with Crippen LogP contribution < -0.4 is 5.32 Å². The zero-order valence-corrected chi connectivity index (χ0v) is 14.8. The first-order valence-corrected chi connectivity index (χ1v) is 8.85. The number of aromatic nitrogens is 2. The van der Waals surface area contributed by atoms with Gasteiger partial charge in [-0.1, -0.05) is 59.4 Å². The van der Waals surface area contributed by atoms with Crippen LogP contribution in [0, 0.1) is 13.8 Å². The highest BCUT2D eigenvalue weighted by atomic mass is 32.1. The Morgan fingerprint density at radius 2 is 1.76 bits per heavy atom. The maximum Gasteiger partial charge on any atom is 0.267 e. The van der Waals surface area contributed by atoms with Gasteiger partial charge in [0.15, 0.2) is 4.96 Å². The highest BCUT2D eigenvalue weighted by Crippen LogP contribution is 2.27. The molecule has 0 aliphatic heterocycles. The second kappa shape index (κ2) is 6.18. The molecule has 2 aromatic carbocycles. The van der Waals surface area contributed by atoms with Crippen LogP contribution in [0.25, 0.3) is 16.2 Å². The summed E-state index contributed by atoms with van der Waals surface area (Å²) < 4.78 is 1.98. The molecular weight excluding hydrogens is 330 g/mol. The number of anilines is 1. The first kappa shape index (κ1) is 15.6. The van der Waals surface area contributed by atoms with Crippen molar-refractivity contribution in [1.29, 1.82) is 0 Å². The van der Waals surface area contributed by atoms with E-state index < -0.39 is 0 Å². The number of fused-ring (bicyclic) bond motifs is 1. The molecular formula is C20H17N3OS. The first-order valence-electron chi connectivity index (χ1n) is 8.04. The summed E-state index contributed by atoms with van der Waals surface area (Å²) in [5.74, 6) is -0.0990. The zero-order valence-electron chi connectivity index (χ0n) is 14.0. The lowest BCUT2D eigenvalue weighted by molar-refractivity contribution is 0.102. The van der Waals surface area contributed by atoms with Gasteiger partial charge < -0.3 is 5.32 Å². The van der Waals surface area contributed by atoms with E-state index >= 15 is 0 Å². The van der Waals surface area contributed by atoms with Crippen LogP contribution in [0.5, 0.6) is 0 Å². The summed E-state index contributed by atoms with van der Waals surface area (Å²) in [4.78, 5) is 18.8. The molecule has 25 heavy (non-hydrogen) atoms. The van der Waals surface area contributed by atoms with Crippen molar-refractivity contribution < 1.29 is 4.79 Å². The second-order valence-electron chi connectivity index (χ2n) is 5.98. The molecule has 2 aromatic heterocycles. The van der Waals surface area contributed by atoms with Crippen molar-refractivity contribution in [2.24, 2.45) is 0 Å². The van der Waals surface area contributed by atoms with Gasteiger partial charge in [-0.3, -0.25) is 9.20 Å². The Kier molecular flexibility index (Phi) is 3.86. The fourth-order valence-electron chi connectivity index (χ4n) is 2.73. The highest BCUT2D eigenvalue weighted by molar-refractivity contribution is 7.19. The summed E-state index contributed by atoms with van der Waals surface area (Å²) in [6, 6.07) is 17.8. The summed E-state index contributed by atoms with van der Waals surface area (Å²) in [5, 5.41) is 2.95. The van der Waals surface area contributed by atoms with Gasteiger partial charge in [0.25, 0.3) is 5.91 Å². The van der Waals surface area contributed by atoms with Crippen molar-refractivity contribution in [3.05, 3.63) is 76.9 Å². The van der Waals surface area contributed by atoms with Crippen LogP contribution in [0.4, 0.5) is 5.69 Å². The minimum absolute atomic E-state index is 0.0990. The molecule has 0 spiro atoms. The smallest absolute Gasteiger partial charge is 0.267 e. The SMILES string of the molecule is Cc1ccc(NC(=O)c2sc3nc(-c4ccccc4)cn3c2C)cc1. The lowest BCUT2D eigenvalue weighted by Crippen LogP contribution is -2.11. The summed E-state index contributed by atoms with van der Waals surface area (Å²) in [6.45, 7) is 3.97. The number of benzene rings is 2. The van der Waals surface area contributed by atoms with Crippen molar-refractivity contribution in [3.8, 4) is 11.3 Å². The van der Waals surface area contributed by atoms with Gasteiger partial charge in [0, 0.05) is 23.1 Å². The van der Waals surface area contributed by atoms with E-state index in [9.17, 15) is 4.79 Å². The number of nitrogens with zero attached hydrogens (tertiary/aromatic N) is 2. The molecule has 1 amide bonds. The van der Waals surface area contributed by atoms with Gasteiger partial charge in [-0.2, -0.15) is 0 Å². The fourth-order valence-corrected chi connectivity index (χ4v) is 3.74. The maximum absolute atomic E-state index is 12.6. The average Bonchev–Trinajstić information content (AvgIpc) is 3.17. The van der Waals surface area contributed by atoms with Crippen LogP contribution in [0.15, 0.2) is 60.8 Å². The average molecular weight is 347 g/mol. The van der Waals surface area contributed by atoms with E-state index in [0.29, 0.717) is 4.88 Å². The predicted molar refractivity (Wildman–Crippen MR) is 102 cm³/mol. The van der Waals surface area contributed by atoms with Crippen LogP contribution in [0.2, 0.25) is 0 Å². The molecule has 0 unspecified atom stereocenters. The number of hydrogen-bond donors (Lipinski definition) is 1. The van der Waals surface area contributed by atoms with Crippen LogP contribution in [0.3, 0.4) is 0 Å². The van der Waals surface area contributed by atoms with E-state index in [1.54, 1.807) is 0 Å². The molecule has 2 heterocycles. The Hall–Kier alpha value is -2.92. The molecule has 0 radical (unpaired) electrons. The lowest BCUT2D eigenvalue weighted by atomic mass is 10.2. The molecule has 124 valence electrons. The van der Waals surface area contributed by atoms with E-state index in [-0.39, 0.29) is 5.91 Å². The molecule has 0 fully saturated rings. The Bertz CT molecular complexity index is 1050. The maximum atomic E-state index is 12.6. The van der Waals surface area contributed by atoms with Crippen LogP contribution in [0.1, 0.15) is 20.9 Å². The standard InChI is InChI=1S/C20H17N3OS/c1-13-8-10-16(11-9-13)21-19(24)18-14(2)23-12-17(22-20(23)25-18)15-6-4-3-5-7-15/h3-12H,1-2H3,(H,21,24). The molecule has 0 bridgehead atoms. The van der Waals surface area contributed by atoms with Gasteiger partial charge in [0.2, 0.25) is 0 Å². The molecule has 4 rings (SSSR count). The molecule has 0 aliphatic rings. The van der Waals surface area contributed by atoms with Gasteiger partial charge in [-0.05, 0) is 26.0 Å². The second-order valence-corrected chi connectivity index (χ2v) is 6.96. The summed E-state index contributed by atoms with van der Waals surface area (Å²) in [5.41, 5.74) is 4.85. The van der Waals surface area contributed by atoms with E-state index in [1.165, 1.54) is 11.3 Å². The molecule has 0 aliphatic carbocycles. The number of nitrogens with one attached hydrogen (secondary N) is 1. The minimum Gasteiger partial charge on any atom is -0.321 e. The Morgan fingerprint density at radius 1 is 1.04 bits per heavy atom. The van der Waals surface area contributed by atoms with Crippen LogP contribution in [-0.2, 0) is 0 Å². The molecule has 4 nitrogen and oxygen atoms in total. The van der Waals surface area contributed by atoms with Gasteiger partial charge in [-0.25, -0.2) is 4.98 Å². The third-order valence-electron chi connectivity index (χ3n) is 4.14. The number of aryl methyl sites for hydroxylation is 2. The van der Waals surface area contributed by atoms with Gasteiger partial charge in [0.1, 0.15) is 4.88 Å². The number of thiazole rings is 1. The number of amides is 1. The monoisotopic (exact) mass is 347 g/mol. The van der Waals surface area contributed by atoms with Gasteiger partial charge in [0.05, 0.1) is 5.69 Å². The summed E-state index contributed by atoms with van der Waals surface area (Å²) >= 11 is 1.41. The van der Waals surface area contributed by atoms with Crippen LogP contribution in [-0.4, -0.2) is 15.3 Å². The molecule has 0 saturated heterocycles. The van der Waals surface area contributed by atoms with E-state index in [1.807, 2.05) is 79.0 Å². The fraction of sp³-hybridized carbons (Fsp3) is 0.100. The molecule has 4 aromatic rings. The minimum atomic E-state index is -0.0990. The van der Waals surface area contributed by atoms with Crippen molar-refractivity contribution >= 4 is 27.9 Å². The first-order chi connectivity index (χ1) is 12.1. The third-order valence-corrected chi connectivity index (χ3v) is 5.30. The van der Waals surface area contributed by atoms with E-state index in [4.69, 9.17) is 0 Å². The number of hydrogen-bond acceptors (Lipinski definition) is 3. The zero-order chi connectivity index (χ0) is 17.4. The van der Waals surface area contributed by atoms with Crippen LogP contribution >= 0.6 is 11.3 Å².